The van der Waals surface area contributed by atoms with E-state index in [0.717, 1.165) is 48.6 Å². The second-order valence-electron chi connectivity index (χ2n) is 7.73. The number of rotatable bonds is 9. The highest BCUT2D eigenvalue weighted by Gasteiger charge is 2.10. The summed E-state index contributed by atoms with van der Waals surface area (Å²) in [6.07, 6.45) is 5.11. The number of nitrogens with zero attached hydrogens (tertiary/aromatic N) is 1. The molecule has 6 nitrogen and oxygen atoms in total. The Morgan fingerprint density at radius 1 is 1.16 bits per heavy atom. The molecular weight excluding hydrogens is 426 g/mol. The monoisotopic (exact) mass is 449 g/mol. The summed E-state index contributed by atoms with van der Waals surface area (Å²) in [4.78, 5) is 15.0. The maximum Gasteiger partial charge on any atom is 0.355 e. The first kappa shape index (κ1) is 21.9. The van der Waals surface area contributed by atoms with Crippen molar-refractivity contribution in [2.75, 3.05) is 19.7 Å². The Morgan fingerprint density at radius 2 is 2.03 bits per heavy atom. The third-order valence-electron chi connectivity index (χ3n) is 5.56. The van der Waals surface area contributed by atoms with E-state index >= 15 is 0 Å². The van der Waals surface area contributed by atoms with Crippen molar-refractivity contribution in [3.63, 3.8) is 0 Å². The number of hydrogen-bond donors (Lipinski definition) is 2. The van der Waals surface area contributed by atoms with Gasteiger partial charge in [0.1, 0.15) is 23.0 Å². The van der Waals surface area contributed by atoms with Gasteiger partial charge in [-0.05, 0) is 74.2 Å². The van der Waals surface area contributed by atoms with Gasteiger partial charge in [-0.25, -0.2) is 4.79 Å². The molecule has 32 heavy (non-hydrogen) atoms. The van der Waals surface area contributed by atoms with Gasteiger partial charge in [0.05, 0.1) is 11.6 Å². The van der Waals surface area contributed by atoms with E-state index in [1.165, 1.54) is 5.56 Å². The normalized spacial score (nSPS) is 11.2. The van der Waals surface area contributed by atoms with Crippen LogP contribution in [0.15, 0.2) is 51.8 Å². The van der Waals surface area contributed by atoms with Crippen LogP contribution in [0.5, 0.6) is 5.75 Å². The van der Waals surface area contributed by atoms with Gasteiger partial charge in [-0.2, -0.15) is 5.26 Å². The molecule has 4 aromatic rings. The minimum atomic E-state index is -0.534. The maximum atomic E-state index is 11.8. The number of benzene rings is 2. The third kappa shape index (κ3) is 4.80. The van der Waals surface area contributed by atoms with Gasteiger partial charge in [-0.15, -0.1) is 0 Å². The zero-order valence-corrected chi connectivity index (χ0v) is 18.6. The number of fused-ring (bicyclic) bond motifs is 2. The zero-order chi connectivity index (χ0) is 22.5. The molecule has 0 spiro atoms. The summed E-state index contributed by atoms with van der Waals surface area (Å²) in [6.45, 7) is 3.94. The van der Waals surface area contributed by atoms with Crippen molar-refractivity contribution < 1.29 is 9.15 Å². The minimum absolute atomic E-state index is 0.118. The molecular formula is C25H24ClN3O3. The molecule has 0 amide bonds. The van der Waals surface area contributed by atoms with Crippen molar-refractivity contribution in [1.29, 1.82) is 5.26 Å². The second-order valence-corrected chi connectivity index (χ2v) is 8.11. The molecule has 0 saturated heterocycles. The van der Waals surface area contributed by atoms with Crippen molar-refractivity contribution >= 4 is 33.5 Å². The van der Waals surface area contributed by atoms with E-state index in [-0.39, 0.29) is 5.02 Å². The number of aryl methyl sites for hydroxylation is 2. The van der Waals surface area contributed by atoms with E-state index in [1.807, 2.05) is 36.5 Å². The van der Waals surface area contributed by atoms with Gasteiger partial charge in [-0.3, -0.25) is 0 Å². The lowest BCUT2D eigenvalue weighted by atomic mass is 10.1. The first-order valence-corrected chi connectivity index (χ1v) is 11.0. The van der Waals surface area contributed by atoms with Crippen LogP contribution in [0.2, 0.25) is 5.02 Å². The fourth-order valence-electron chi connectivity index (χ4n) is 3.79. The molecule has 0 aliphatic carbocycles. The van der Waals surface area contributed by atoms with Crippen molar-refractivity contribution in [1.82, 2.24) is 10.3 Å². The maximum absolute atomic E-state index is 11.8. The average Bonchev–Trinajstić information content (AvgIpc) is 3.21. The number of nitrogens with one attached hydrogen (secondary N) is 2. The summed E-state index contributed by atoms with van der Waals surface area (Å²) in [5.41, 5.74) is 3.66. The smallest absolute Gasteiger partial charge is 0.355 e. The lowest BCUT2D eigenvalue weighted by molar-refractivity contribution is 0.313. The predicted molar refractivity (Wildman–Crippen MR) is 127 cm³/mol. The molecule has 2 heterocycles. The van der Waals surface area contributed by atoms with Crippen LogP contribution in [0.4, 0.5) is 0 Å². The number of ether oxygens (including phenoxy) is 1. The quantitative estimate of drug-likeness (QED) is 0.274. The lowest BCUT2D eigenvalue weighted by Gasteiger charge is -2.09. The first-order chi connectivity index (χ1) is 15.6. The summed E-state index contributed by atoms with van der Waals surface area (Å²) in [5.74, 6) is 0.653. The number of nitriles is 1. The van der Waals surface area contributed by atoms with E-state index in [2.05, 4.69) is 16.4 Å². The topological polar surface area (TPSA) is 91.0 Å². The predicted octanol–water partition coefficient (Wildman–Crippen LogP) is 5.10. The van der Waals surface area contributed by atoms with Crippen molar-refractivity contribution in [3.05, 3.63) is 74.7 Å². The minimum Gasteiger partial charge on any atom is -0.492 e. The summed E-state index contributed by atoms with van der Waals surface area (Å²) in [6, 6.07) is 13.4. The van der Waals surface area contributed by atoms with Crippen molar-refractivity contribution in [3.8, 4) is 11.8 Å². The second kappa shape index (κ2) is 9.90. The SMILES string of the molecule is Cc1c(Cl)c(=O)oc2cc(OCCNCCCCc3c[nH]c4ccc(C#N)cc34)ccc12. The summed E-state index contributed by atoms with van der Waals surface area (Å²) in [7, 11) is 0. The fourth-order valence-corrected chi connectivity index (χ4v) is 3.93. The van der Waals surface area contributed by atoms with Crippen LogP contribution in [0, 0.1) is 18.3 Å². The molecule has 0 atom stereocenters. The highest BCUT2D eigenvalue weighted by molar-refractivity contribution is 6.31. The van der Waals surface area contributed by atoms with E-state index in [9.17, 15) is 4.79 Å². The standard InChI is InChI=1S/C25H24ClN3O3/c1-16-20-7-6-19(13-23(20)32-25(30)24(16)26)31-11-10-28-9-3-2-4-18-15-29-22-8-5-17(14-27)12-21(18)22/h5-8,12-13,15,28-29H,2-4,9-11H2,1H3. The zero-order valence-electron chi connectivity index (χ0n) is 17.8. The Kier molecular flexibility index (Phi) is 6.79. The fraction of sp³-hybridized carbons (Fsp3) is 0.280. The van der Waals surface area contributed by atoms with Crippen LogP contribution < -0.4 is 15.7 Å². The van der Waals surface area contributed by atoms with E-state index in [0.29, 0.717) is 29.1 Å². The molecule has 0 aliphatic rings. The van der Waals surface area contributed by atoms with Crippen LogP contribution >= 0.6 is 11.6 Å². The number of aromatic amines is 1. The largest absolute Gasteiger partial charge is 0.492 e. The molecule has 0 unspecified atom stereocenters. The van der Waals surface area contributed by atoms with Gasteiger partial charge in [0, 0.05) is 35.1 Å². The number of hydrogen-bond acceptors (Lipinski definition) is 5. The Bertz CT molecular complexity index is 1350. The van der Waals surface area contributed by atoms with Gasteiger partial charge in [0.25, 0.3) is 0 Å². The highest BCUT2D eigenvalue weighted by Crippen LogP contribution is 2.26. The van der Waals surface area contributed by atoms with E-state index in [4.69, 9.17) is 26.0 Å². The third-order valence-corrected chi connectivity index (χ3v) is 6.00. The Balaban J connectivity index is 1.19. The average molecular weight is 450 g/mol. The van der Waals surface area contributed by atoms with Crippen LogP contribution in [0.25, 0.3) is 21.9 Å². The van der Waals surface area contributed by atoms with Crippen LogP contribution in [-0.2, 0) is 6.42 Å². The number of aromatic nitrogens is 1. The summed E-state index contributed by atoms with van der Waals surface area (Å²) in [5, 5.41) is 14.5. The van der Waals surface area contributed by atoms with Crippen LogP contribution in [0.1, 0.15) is 29.5 Å². The molecule has 0 aliphatic heterocycles. The molecule has 0 radical (unpaired) electrons. The highest BCUT2D eigenvalue weighted by atomic mass is 35.5. The van der Waals surface area contributed by atoms with Crippen molar-refractivity contribution in [2.24, 2.45) is 0 Å². The van der Waals surface area contributed by atoms with E-state index < -0.39 is 5.63 Å². The summed E-state index contributed by atoms with van der Waals surface area (Å²) < 4.78 is 11.0. The lowest BCUT2D eigenvalue weighted by Crippen LogP contribution is -2.22. The number of halogens is 1. The molecule has 2 aromatic carbocycles. The molecule has 0 fully saturated rings. The molecule has 7 heteroatoms. The van der Waals surface area contributed by atoms with Gasteiger partial charge < -0.3 is 19.5 Å². The molecule has 0 saturated carbocycles. The Morgan fingerprint density at radius 3 is 2.88 bits per heavy atom. The number of unbranched alkanes of at least 4 members (excludes halogenated alkanes) is 1. The molecule has 4 rings (SSSR count). The van der Waals surface area contributed by atoms with Gasteiger partial charge in [0.15, 0.2) is 0 Å². The first-order valence-electron chi connectivity index (χ1n) is 10.6. The number of H-pyrrole nitrogens is 1. The van der Waals surface area contributed by atoms with Crippen LogP contribution in [0.3, 0.4) is 0 Å². The molecule has 2 N–H and O–H groups in total. The van der Waals surface area contributed by atoms with Gasteiger partial charge in [0.2, 0.25) is 0 Å². The Labute approximate surface area is 190 Å². The van der Waals surface area contributed by atoms with Crippen molar-refractivity contribution in [2.45, 2.75) is 26.2 Å². The Hall–Kier alpha value is -3.27. The van der Waals surface area contributed by atoms with Gasteiger partial charge in [-0.1, -0.05) is 11.6 Å². The molecule has 164 valence electrons. The molecule has 2 aromatic heterocycles. The summed E-state index contributed by atoms with van der Waals surface area (Å²) >= 11 is 5.96. The van der Waals surface area contributed by atoms with Crippen LogP contribution in [-0.4, -0.2) is 24.7 Å². The van der Waals surface area contributed by atoms with E-state index in [1.54, 1.807) is 13.0 Å². The molecule has 0 bridgehead atoms. The van der Waals surface area contributed by atoms with Gasteiger partial charge >= 0.3 is 5.63 Å².